The number of aromatic nitrogens is 16. The van der Waals surface area contributed by atoms with E-state index in [-0.39, 0.29) is 57.0 Å². The molecule has 102 heavy (non-hydrogen) atoms. The Morgan fingerprint density at radius 1 is 0.402 bits per heavy atom. The summed E-state index contributed by atoms with van der Waals surface area (Å²) in [6.07, 6.45) is 19.0. The fourth-order valence-corrected chi connectivity index (χ4v) is 15.0. The van der Waals surface area contributed by atoms with Gasteiger partial charge < -0.3 is 58.2 Å². The lowest BCUT2D eigenvalue weighted by Crippen LogP contribution is -2.40. The third kappa shape index (κ3) is 16.1. The fraction of sp³-hybridized carbons (Fsp3) is 0.636. The average molecular weight is 1400 g/mol. The largest absolute Gasteiger partial charge is 0.528 e. The highest BCUT2D eigenvalue weighted by Crippen LogP contribution is 2.35. The van der Waals surface area contributed by atoms with Crippen LogP contribution in [-0.4, -0.2) is 208 Å². The van der Waals surface area contributed by atoms with Crippen LogP contribution in [0.15, 0.2) is 31.6 Å². The maximum atomic E-state index is 12.8. The Kier molecular flexibility index (Phi) is 22.9. The van der Waals surface area contributed by atoms with Crippen molar-refractivity contribution in [2.75, 3.05) is 52.4 Å². The number of carbonyl (C=O) groups is 4. The highest BCUT2D eigenvalue weighted by molar-refractivity contribution is 6.06. The lowest BCUT2D eigenvalue weighted by atomic mass is 9.95. The van der Waals surface area contributed by atoms with Crippen LogP contribution in [0.1, 0.15) is 228 Å². The van der Waals surface area contributed by atoms with Gasteiger partial charge >= 0.3 is 56.6 Å². The number of piperidine rings is 4. The van der Waals surface area contributed by atoms with Crippen molar-refractivity contribution in [1.82, 2.24) is 98.6 Å². The van der Waals surface area contributed by atoms with E-state index >= 15 is 0 Å². The molecule has 4 N–H and O–H groups in total. The SMILES string of the molecule is [B]OC(=O)N1CCCC(c2nc3c(c(C)nn3C(C)(C)C)c(=O)[nH]2)C1.[B]OC(=O)N1CCCC(c2nc3c(c(C)nn3C3CCCCC3)c(=O)[nH]2)C1.[B]OC(=O)N1CCCC(c2nc3c(cnn3C(C)(C)C)c(=O)[nH]2)C1.[B]OC(=O)N1CCCC(c2nc3c(cnn3C3CCCCC3)c(=O)[nH]2)C1. The standard InChI is InChI=1S/C18H24BN5O3.C17H22BN5O3.C16H22BN5O3.C15H20BN5O3/c1-11-14-16(24(22-11)13-7-3-2-4-8-13)20-15(21-17(14)25)12-6-5-9-23(10-12)18(26)27-19;18-26-17(25)22-8-4-5-11(10-22)14-20-15-13(16(24)21-14)9-19-23(15)12-6-2-1-3-7-12;1-9-11-13(22(20-9)16(2,3)4)18-12(19-14(11)23)10-6-5-7-21(8-10)15(24)25-17;1-15(2,3)21-12-10(7-17-21)13(22)19-11(18-12)9-5-4-6-20(8-9)14(23)24-16/h12-13H,2-10H2,1H3,(H,20,21,25);9,11-12H,1-8,10H2,(H,20,21,24);10H,5-8H2,1-4H3,(H,18,19,23);7,9H,4-6,8H2,1-3H3,(H,18,19,22). The van der Waals surface area contributed by atoms with Crippen LogP contribution in [-0.2, 0) is 29.7 Å². The Morgan fingerprint density at radius 2 is 0.735 bits per heavy atom. The number of H-pyrrole nitrogens is 4. The summed E-state index contributed by atoms with van der Waals surface area (Å²) >= 11 is 0. The maximum Gasteiger partial charge on any atom is 0.391 e. The molecule has 8 radical (unpaired) electrons. The normalized spacial score (nSPS) is 20.2. The Balaban J connectivity index is 0.000000137. The van der Waals surface area contributed by atoms with Crippen molar-refractivity contribution >= 4 is 101 Å². The zero-order valence-electron chi connectivity index (χ0n) is 59.4. The molecule has 0 spiro atoms. The van der Waals surface area contributed by atoms with Gasteiger partial charge in [0.2, 0.25) is 0 Å². The molecule has 2 aliphatic carbocycles. The molecule has 4 unspecified atom stereocenters. The van der Waals surface area contributed by atoms with Crippen LogP contribution in [0.5, 0.6) is 0 Å². The van der Waals surface area contributed by atoms with Gasteiger partial charge in [-0.05, 0) is 132 Å². The molecule has 4 saturated heterocycles. The number of nitrogens with one attached hydrogen (secondary N) is 4. The van der Waals surface area contributed by atoms with E-state index in [1.807, 2.05) is 57.8 Å². The van der Waals surface area contributed by atoms with E-state index in [1.54, 1.807) is 32.3 Å². The van der Waals surface area contributed by atoms with Crippen molar-refractivity contribution in [3.8, 4) is 0 Å². The molecule has 4 aliphatic heterocycles. The number of aryl methyl sites for hydroxylation is 2. The number of aromatic amines is 4. The van der Waals surface area contributed by atoms with E-state index in [1.165, 1.54) is 54.5 Å². The predicted octanol–water partition coefficient (Wildman–Crippen LogP) is 7.21. The summed E-state index contributed by atoms with van der Waals surface area (Å²) in [4.78, 5) is 134. The van der Waals surface area contributed by atoms with Gasteiger partial charge in [-0.2, -0.15) is 20.4 Å². The zero-order valence-corrected chi connectivity index (χ0v) is 59.4. The Morgan fingerprint density at radius 3 is 1.14 bits per heavy atom. The molecule has 0 aromatic carbocycles. The minimum atomic E-state index is -0.567. The van der Waals surface area contributed by atoms with Crippen LogP contribution < -0.4 is 22.2 Å². The zero-order chi connectivity index (χ0) is 72.9. The number of nitrogens with zero attached hydrogens (tertiary/aromatic N) is 16. The molecular formula is C66H88B4N20O12. The maximum absolute atomic E-state index is 12.8. The van der Waals surface area contributed by atoms with Crippen LogP contribution in [0.3, 0.4) is 0 Å². The van der Waals surface area contributed by atoms with Crippen molar-refractivity contribution in [3.05, 3.63) is 88.5 Å². The van der Waals surface area contributed by atoms with E-state index in [0.29, 0.717) is 143 Å². The predicted molar refractivity (Wildman–Crippen MR) is 379 cm³/mol. The van der Waals surface area contributed by atoms with Gasteiger partial charge in [0.15, 0.2) is 22.6 Å². The Bertz CT molecular complexity index is 4590. The number of carbonyl (C=O) groups excluding carboxylic acids is 4. The first-order valence-corrected chi connectivity index (χ1v) is 35.4. The molecule has 4 atom stereocenters. The van der Waals surface area contributed by atoms with Crippen molar-refractivity contribution in [2.24, 2.45) is 0 Å². The number of fused-ring (bicyclic) bond motifs is 4. The number of hydrogen-bond donors (Lipinski definition) is 4. The van der Waals surface area contributed by atoms with E-state index in [2.05, 4.69) is 63.9 Å². The molecule has 14 rings (SSSR count). The third-order valence-electron chi connectivity index (χ3n) is 20.2. The van der Waals surface area contributed by atoms with Gasteiger partial charge in [-0.15, -0.1) is 0 Å². The summed E-state index contributed by atoms with van der Waals surface area (Å²) in [7, 11) is 20.0. The molecule has 6 aliphatic rings. The number of amides is 4. The van der Waals surface area contributed by atoms with Crippen LogP contribution in [0.4, 0.5) is 19.2 Å². The summed E-state index contributed by atoms with van der Waals surface area (Å²) in [5, 5.41) is 20.0. The average Bonchev–Trinajstić information content (AvgIpc) is 1.60. The Labute approximate surface area is 593 Å². The lowest BCUT2D eigenvalue weighted by molar-refractivity contribution is 0.139. The van der Waals surface area contributed by atoms with Crippen LogP contribution in [0.2, 0.25) is 0 Å². The molecule has 36 heteroatoms. The number of rotatable bonds is 6. The van der Waals surface area contributed by atoms with Crippen LogP contribution >= 0.6 is 0 Å². The quantitative estimate of drug-likeness (QED) is 0.119. The molecule has 536 valence electrons. The molecular weight excluding hydrogens is 1310 g/mol. The highest BCUT2D eigenvalue weighted by atomic mass is 16.5. The van der Waals surface area contributed by atoms with Crippen molar-refractivity contribution in [3.63, 3.8) is 0 Å². The summed E-state index contributed by atoms with van der Waals surface area (Å²) in [6, 6.07) is 0.602. The Hall–Kier alpha value is -9.26. The summed E-state index contributed by atoms with van der Waals surface area (Å²) in [5.41, 5.74) is 2.46. The van der Waals surface area contributed by atoms with Crippen LogP contribution in [0, 0.1) is 13.8 Å². The summed E-state index contributed by atoms with van der Waals surface area (Å²) in [6.45, 7) is 19.8. The van der Waals surface area contributed by atoms with E-state index in [4.69, 9.17) is 47.1 Å². The fourth-order valence-electron chi connectivity index (χ4n) is 15.0. The molecule has 32 nitrogen and oxygen atoms in total. The first-order valence-electron chi connectivity index (χ1n) is 35.4. The second kappa shape index (κ2) is 31.5. The minimum absolute atomic E-state index is 0.0466. The minimum Gasteiger partial charge on any atom is -0.528 e. The van der Waals surface area contributed by atoms with Gasteiger partial charge in [0, 0.05) is 76.0 Å². The van der Waals surface area contributed by atoms with Gasteiger partial charge in [-0.25, -0.2) is 57.8 Å². The second-order valence-electron chi connectivity index (χ2n) is 29.5. The molecule has 12 heterocycles. The topological polar surface area (TPSA) is 372 Å². The number of likely N-dealkylation sites (tertiary alicyclic amines) is 4. The highest BCUT2D eigenvalue weighted by Gasteiger charge is 2.34. The van der Waals surface area contributed by atoms with Gasteiger partial charge in [-0.1, -0.05) is 38.5 Å². The molecule has 4 amide bonds. The first kappa shape index (κ1) is 73.9. The van der Waals surface area contributed by atoms with Gasteiger partial charge in [0.1, 0.15) is 44.8 Å². The molecule has 8 aromatic rings. The van der Waals surface area contributed by atoms with Gasteiger partial charge in [0.05, 0.1) is 46.9 Å². The molecule has 2 saturated carbocycles. The summed E-state index contributed by atoms with van der Waals surface area (Å²) in [5.74, 6) is 2.10. The van der Waals surface area contributed by atoms with Crippen molar-refractivity contribution in [2.45, 2.75) is 218 Å². The van der Waals surface area contributed by atoms with Gasteiger partial charge in [-0.3, -0.25) is 19.2 Å². The van der Waals surface area contributed by atoms with Gasteiger partial charge in [0.25, 0.3) is 22.2 Å². The smallest absolute Gasteiger partial charge is 0.391 e. The molecule has 8 aromatic heterocycles. The first-order chi connectivity index (χ1) is 48.8. The third-order valence-corrected chi connectivity index (χ3v) is 20.2. The van der Waals surface area contributed by atoms with Crippen molar-refractivity contribution < 1.29 is 37.8 Å². The van der Waals surface area contributed by atoms with E-state index in [0.717, 1.165) is 77.0 Å². The lowest BCUT2D eigenvalue weighted by Gasteiger charge is -2.31. The van der Waals surface area contributed by atoms with E-state index in [9.17, 15) is 38.4 Å². The molecule has 0 bridgehead atoms. The number of hydrogen-bond acceptors (Lipinski definition) is 20. The second-order valence-corrected chi connectivity index (χ2v) is 29.5. The van der Waals surface area contributed by atoms with Crippen molar-refractivity contribution in [1.29, 1.82) is 0 Å². The monoisotopic (exact) mass is 1400 g/mol. The van der Waals surface area contributed by atoms with Crippen LogP contribution in [0.25, 0.3) is 44.1 Å². The summed E-state index contributed by atoms with van der Waals surface area (Å²) < 4.78 is 24.7. The van der Waals surface area contributed by atoms with E-state index < -0.39 is 24.4 Å². The molecule has 6 fully saturated rings.